The normalized spacial score (nSPS) is 13.7. The Morgan fingerprint density at radius 2 is 1.08 bits per heavy atom. The van der Waals surface area contributed by atoms with Gasteiger partial charge in [0.2, 0.25) is 5.91 Å². The molecular weight excluding hydrogens is 621 g/mol. The number of alkyl carbamates (subject to hydrolysis) is 1. The predicted octanol–water partition coefficient (Wildman–Crippen LogP) is 4.59. The van der Waals surface area contributed by atoms with E-state index in [1.165, 1.54) is 13.8 Å². The van der Waals surface area contributed by atoms with Crippen molar-refractivity contribution in [2.75, 3.05) is 80.0 Å². The summed E-state index contributed by atoms with van der Waals surface area (Å²) in [5.41, 5.74) is 10.1. The van der Waals surface area contributed by atoms with E-state index in [9.17, 15) is 24.0 Å². The summed E-state index contributed by atoms with van der Waals surface area (Å²) in [5.74, 6) is -1.14. The standard InChI is InChI=1S/C7H9NO4.C6H12N2O2.4C3H9P.Co/c1-4(9)2-3-5-6(10)12-7(11)8-5;1-4(9)2-3-5(7)6(8)10;4*1-4(2)3;/h5H,2-3H2,1H3,(H,8,11);5H,2-3,7H2,1H3,(H2,8,10);4*1-3H3;. The van der Waals surface area contributed by atoms with E-state index in [1.54, 1.807) is 0 Å². The van der Waals surface area contributed by atoms with Crippen LogP contribution in [0.15, 0.2) is 0 Å². The smallest absolute Gasteiger partial charge is 0.375 e. The second-order valence-corrected chi connectivity index (χ2v) is 21.0. The molecule has 1 rings (SSSR count). The number of nitrogens with two attached hydrogens (primary N) is 2. The molecule has 2 atom stereocenters. The number of nitrogens with one attached hydrogen (secondary N) is 1. The first-order chi connectivity index (χ1) is 17.1. The molecule has 0 aromatic carbocycles. The SMILES string of the molecule is CC(=O)CCC(N)C(N)=O.CC(=O)CCC1NC(=O)OC1=O.CP(C)C.CP(C)C.CP(C)C.CP(C)C.[Co]. The minimum Gasteiger partial charge on any atom is -0.375 e. The summed E-state index contributed by atoms with van der Waals surface area (Å²) in [7, 11) is 1.52. The number of hydrogen-bond acceptors (Lipinski definition) is 7. The number of cyclic esters (lactones) is 2. The molecular formula is C25H57CoN3O6P4. The number of Topliss-reactive ketones (excluding diaryl/α,β-unsaturated/α-hetero) is 2. The largest absolute Gasteiger partial charge is 0.415 e. The number of primary amides is 1. The molecule has 1 aliphatic rings. The van der Waals surface area contributed by atoms with Crippen molar-refractivity contribution in [3.63, 3.8) is 0 Å². The molecule has 39 heavy (non-hydrogen) atoms. The topological polar surface area (TPSA) is 159 Å². The number of hydrogen-bond donors (Lipinski definition) is 3. The number of ketones is 2. The first-order valence-electron chi connectivity index (χ1n) is 12.1. The van der Waals surface area contributed by atoms with Gasteiger partial charge in [0.1, 0.15) is 17.6 Å². The maximum atomic E-state index is 10.8. The Morgan fingerprint density at radius 3 is 1.28 bits per heavy atom. The summed E-state index contributed by atoms with van der Waals surface area (Å²) in [5, 5.41) is 2.30. The maximum Gasteiger partial charge on any atom is 0.415 e. The zero-order valence-corrected chi connectivity index (χ0v) is 31.3. The summed E-state index contributed by atoms with van der Waals surface area (Å²) in [6.07, 6.45) is 0.544. The third-order valence-corrected chi connectivity index (χ3v) is 2.73. The van der Waals surface area contributed by atoms with Gasteiger partial charge in [-0.05, 0) is 107 Å². The molecule has 0 aromatic rings. The fourth-order valence-electron chi connectivity index (χ4n) is 1.43. The summed E-state index contributed by atoms with van der Waals surface area (Å²) in [4.78, 5) is 52.4. The second kappa shape index (κ2) is 34.1. The van der Waals surface area contributed by atoms with Crippen LogP contribution in [0.1, 0.15) is 39.5 Å². The van der Waals surface area contributed by atoms with Crippen molar-refractivity contribution in [3.8, 4) is 0 Å². The van der Waals surface area contributed by atoms with Crippen LogP contribution in [0.2, 0.25) is 0 Å². The van der Waals surface area contributed by atoms with Gasteiger partial charge in [-0.15, -0.1) is 31.7 Å². The van der Waals surface area contributed by atoms with Crippen LogP contribution >= 0.6 is 31.7 Å². The summed E-state index contributed by atoms with van der Waals surface area (Å²) in [6.45, 7) is 29.7. The van der Waals surface area contributed by atoms with Crippen molar-refractivity contribution in [1.82, 2.24) is 5.32 Å². The van der Waals surface area contributed by atoms with Crippen molar-refractivity contribution >= 4 is 61.2 Å². The molecule has 0 saturated carbocycles. The van der Waals surface area contributed by atoms with Gasteiger partial charge in [0.05, 0.1) is 6.04 Å². The van der Waals surface area contributed by atoms with Crippen molar-refractivity contribution in [2.45, 2.75) is 51.6 Å². The minimum absolute atomic E-state index is 0. The van der Waals surface area contributed by atoms with E-state index < -0.39 is 30.1 Å². The van der Waals surface area contributed by atoms with Gasteiger partial charge in [-0.3, -0.25) is 4.79 Å². The fraction of sp³-hybridized carbons (Fsp3) is 0.800. The number of esters is 1. The van der Waals surface area contributed by atoms with Crippen molar-refractivity contribution in [3.05, 3.63) is 0 Å². The average Bonchev–Trinajstić information content (AvgIpc) is 3.00. The van der Waals surface area contributed by atoms with E-state index in [2.05, 4.69) is 90.0 Å². The number of amides is 2. The quantitative estimate of drug-likeness (QED) is 0.202. The number of ether oxygens (including phenoxy) is 1. The van der Waals surface area contributed by atoms with E-state index in [0.29, 0.717) is 50.9 Å². The van der Waals surface area contributed by atoms with Crippen molar-refractivity contribution in [1.29, 1.82) is 0 Å². The number of carbonyl (C=O) groups is 5. The molecule has 1 radical (unpaired) electrons. The molecule has 1 heterocycles. The van der Waals surface area contributed by atoms with Crippen LogP contribution in [-0.4, -0.2) is 122 Å². The predicted molar refractivity (Wildman–Crippen MR) is 174 cm³/mol. The van der Waals surface area contributed by atoms with Crippen LogP contribution in [0.4, 0.5) is 4.79 Å². The monoisotopic (exact) mass is 678 g/mol. The van der Waals surface area contributed by atoms with E-state index >= 15 is 0 Å². The summed E-state index contributed by atoms with van der Waals surface area (Å²) in [6, 6.07) is -1.31. The van der Waals surface area contributed by atoms with E-state index in [1.807, 2.05) is 0 Å². The molecule has 0 aromatic heterocycles. The Balaban J connectivity index is -0.0000000906. The van der Waals surface area contributed by atoms with Crippen LogP contribution in [-0.2, 0) is 40.7 Å². The molecule has 1 fully saturated rings. The van der Waals surface area contributed by atoms with Crippen LogP contribution in [0.5, 0.6) is 0 Å². The number of carbonyl (C=O) groups excluding carboxylic acids is 5. The summed E-state index contributed by atoms with van der Waals surface area (Å²) < 4.78 is 4.21. The fourth-order valence-corrected chi connectivity index (χ4v) is 1.43. The molecule has 237 valence electrons. The Hall–Kier alpha value is -0.0635. The van der Waals surface area contributed by atoms with Gasteiger partial charge in [0.15, 0.2) is 0 Å². The first-order valence-corrected chi connectivity index (χ1v) is 22.8. The molecule has 2 amide bonds. The van der Waals surface area contributed by atoms with Gasteiger partial charge in [-0.25, -0.2) is 9.59 Å². The van der Waals surface area contributed by atoms with Gasteiger partial charge in [0.25, 0.3) is 0 Å². The van der Waals surface area contributed by atoms with Crippen LogP contribution in [0, 0.1) is 0 Å². The molecule has 0 aliphatic carbocycles. The van der Waals surface area contributed by atoms with Gasteiger partial charge in [0, 0.05) is 29.6 Å². The van der Waals surface area contributed by atoms with Crippen LogP contribution in [0.3, 0.4) is 0 Å². The van der Waals surface area contributed by atoms with E-state index in [4.69, 9.17) is 11.5 Å². The zero-order chi connectivity index (χ0) is 31.6. The third kappa shape index (κ3) is 72.8. The second-order valence-electron chi connectivity index (χ2n) is 10.3. The van der Waals surface area contributed by atoms with Gasteiger partial charge < -0.3 is 31.1 Å². The van der Waals surface area contributed by atoms with Crippen molar-refractivity contribution in [2.24, 2.45) is 11.5 Å². The molecule has 2 unspecified atom stereocenters. The third-order valence-electron chi connectivity index (χ3n) is 2.73. The minimum atomic E-state index is -0.728. The molecule has 14 heteroatoms. The Kier molecular flexibility index (Phi) is 45.2. The van der Waals surface area contributed by atoms with Gasteiger partial charge in [-0.2, -0.15) is 0 Å². The Morgan fingerprint density at radius 1 is 0.769 bits per heavy atom. The molecule has 1 saturated heterocycles. The van der Waals surface area contributed by atoms with Crippen LogP contribution < -0.4 is 16.8 Å². The molecule has 5 N–H and O–H groups in total. The van der Waals surface area contributed by atoms with Gasteiger partial charge in [-0.1, -0.05) is 0 Å². The van der Waals surface area contributed by atoms with E-state index in [-0.39, 0.29) is 34.8 Å². The molecule has 9 nitrogen and oxygen atoms in total. The molecule has 0 spiro atoms. The summed E-state index contributed by atoms with van der Waals surface area (Å²) >= 11 is 0. The first kappa shape index (κ1) is 51.7. The average molecular weight is 679 g/mol. The molecule has 1 aliphatic heterocycles. The van der Waals surface area contributed by atoms with E-state index in [0.717, 1.165) is 0 Å². The zero-order valence-electron chi connectivity index (χ0n) is 26.7. The maximum absolute atomic E-state index is 10.8. The Labute approximate surface area is 254 Å². The van der Waals surface area contributed by atoms with Crippen molar-refractivity contribution < 1.29 is 45.5 Å². The number of rotatable bonds is 7. The van der Waals surface area contributed by atoms with Crippen LogP contribution in [0.25, 0.3) is 0 Å². The molecule has 0 bridgehead atoms. The Bertz CT molecular complexity index is 620. The van der Waals surface area contributed by atoms with Gasteiger partial charge >= 0.3 is 12.1 Å².